The molecule has 1 heterocycles. The fraction of sp³-hybridized carbons (Fsp3) is 0.773. The summed E-state index contributed by atoms with van der Waals surface area (Å²) in [5.74, 6) is -0.832. The molecule has 172 valence electrons. The Bertz CT molecular complexity index is 615. The number of methoxy groups -OCH3 is 1. The second kappa shape index (κ2) is 11.3. The van der Waals surface area contributed by atoms with Gasteiger partial charge in [0.25, 0.3) is 0 Å². The molecule has 0 saturated carbocycles. The predicted octanol–water partition coefficient (Wildman–Crippen LogP) is 2.64. The van der Waals surface area contributed by atoms with Crippen LogP contribution in [-0.2, 0) is 19.1 Å². The van der Waals surface area contributed by atoms with Gasteiger partial charge in [0.1, 0.15) is 17.7 Å². The molecule has 1 aliphatic heterocycles. The van der Waals surface area contributed by atoms with Crippen molar-refractivity contribution in [3.8, 4) is 0 Å². The van der Waals surface area contributed by atoms with E-state index in [0.717, 1.165) is 12.8 Å². The first kappa shape index (κ1) is 25.9. The van der Waals surface area contributed by atoms with Crippen molar-refractivity contribution in [1.29, 1.82) is 0 Å². The first-order valence-corrected chi connectivity index (χ1v) is 10.6. The monoisotopic (exact) mass is 426 g/mol. The second-order valence-corrected chi connectivity index (χ2v) is 9.16. The van der Waals surface area contributed by atoms with Crippen molar-refractivity contribution in [2.45, 2.75) is 84.1 Å². The maximum Gasteiger partial charge on any atom is 0.408 e. The molecule has 1 fully saturated rings. The van der Waals surface area contributed by atoms with Gasteiger partial charge in [-0.25, -0.2) is 9.59 Å². The normalized spacial score (nSPS) is 22.0. The number of ether oxygens (including phenoxy) is 2. The van der Waals surface area contributed by atoms with Gasteiger partial charge >= 0.3 is 12.1 Å². The number of aliphatic hydroxyl groups is 1. The molecular weight excluding hydrogens is 388 g/mol. The molecule has 2 amide bonds. The summed E-state index contributed by atoms with van der Waals surface area (Å²) in [6.07, 6.45) is 2.97. The number of esters is 1. The van der Waals surface area contributed by atoms with Crippen molar-refractivity contribution in [2.75, 3.05) is 13.7 Å². The lowest BCUT2D eigenvalue weighted by molar-refractivity contribution is -0.152. The van der Waals surface area contributed by atoms with E-state index in [1.165, 1.54) is 12.0 Å². The number of carbonyl (C=O) groups is 3. The average molecular weight is 427 g/mol. The van der Waals surface area contributed by atoms with Gasteiger partial charge in [-0.15, -0.1) is 6.58 Å². The lowest BCUT2D eigenvalue weighted by atomic mass is 9.92. The third-order valence-electron chi connectivity index (χ3n) is 5.26. The third-order valence-corrected chi connectivity index (χ3v) is 5.26. The second-order valence-electron chi connectivity index (χ2n) is 9.16. The number of likely N-dealkylation sites (tertiary alicyclic amines) is 1. The van der Waals surface area contributed by atoms with E-state index in [1.807, 2.05) is 13.0 Å². The number of β-amino-alcohol motifs (C(OH)–C–C–N with tert-alkyl or cyclic N) is 1. The molecular formula is C22H38N2O6. The van der Waals surface area contributed by atoms with Crippen LogP contribution in [-0.4, -0.2) is 65.4 Å². The van der Waals surface area contributed by atoms with Gasteiger partial charge in [0.15, 0.2) is 0 Å². The molecule has 0 aromatic heterocycles. The van der Waals surface area contributed by atoms with Gasteiger partial charge < -0.3 is 24.8 Å². The molecule has 1 saturated heterocycles. The zero-order chi connectivity index (χ0) is 23.1. The number of nitrogens with one attached hydrogen (secondary N) is 1. The van der Waals surface area contributed by atoms with E-state index in [9.17, 15) is 19.5 Å². The minimum absolute atomic E-state index is 0.0192. The Hall–Kier alpha value is -2.09. The maximum absolute atomic E-state index is 13.3. The number of nitrogens with zero attached hydrogens (tertiary/aromatic N) is 1. The first-order chi connectivity index (χ1) is 13.9. The van der Waals surface area contributed by atoms with Crippen molar-refractivity contribution < 1.29 is 29.0 Å². The fourth-order valence-corrected chi connectivity index (χ4v) is 3.52. The summed E-state index contributed by atoms with van der Waals surface area (Å²) in [5.41, 5.74) is -0.710. The van der Waals surface area contributed by atoms with Gasteiger partial charge in [-0.2, -0.15) is 0 Å². The number of allylic oxidation sites excluding steroid dienone is 1. The summed E-state index contributed by atoms with van der Waals surface area (Å²) in [5, 5.41) is 12.7. The van der Waals surface area contributed by atoms with Crippen molar-refractivity contribution in [3.63, 3.8) is 0 Å². The highest BCUT2D eigenvalue weighted by atomic mass is 16.6. The van der Waals surface area contributed by atoms with Crippen LogP contribution in [0.15, 0.2) is 12.7 Å². The van der Waals surface area contributed by atoms with Gasteiger partial charge in [0, 0.05) is 13.0 Å². The van der Waals surface area contributed by atoms with E-state index in [1.54, 1.807) is 20.8 Å². The number of hydrogen-bond donors (Lipinski definition) is 2. The third kappa shape index (κ3) is 7.97. The molecule has 5 atom stereocenters. The lowest BCUT2D eigenvalue weighted by Crippen LogP contribution is -2.55. The largest absolute Gasteiger partial charge is 0.467 e. The predicted molar refractivity (Wildman–Crippen MR) is 114 cm³/mol. The van der Waals surface area contributed by atoms with Gasteiger partial charge in [-0.05, 0) is 45.4 Å². The number of rotatable bonds is 9. The van der Waals surface area contributed by atoms with E-state index in [2.05, 4.69) is 18.8 Å². The Morgan fingerprint density at radius 2 is 1.90 bits per heavy atom. The van der Waals surface area contributed by atoms with Crippen LogP contribution in [0.5, 0.6) is 0 Å². The van der Waals surface area contributed by atoms with Crippen LogP contribution in [0.4, 0.5) is 4.79 Å². The van der Waals surface area contributed by atoms with Crippen LogP contribution in [0.1, 0.15) is 60.3 Å². The summed E-state index contributed by atoms with van der Waals surface area (Å²) in [7, 11) is 1.25. The average Bonchev–Trinajstić information content (AvgIpc) is 3.04. The van der Waals surface area contributed by atoms with Gasteiger partial charge in [0.2, 0.25) is 5.91 Å². The standard InChI is InChI=1S/C22H38N2O6/c1-8-14(2)10-9-11-15(3)18(23-21(28)30-22(4,5)6)19(26)24-13-16(25)12-17(24)20(27)29-7/h8,14-18,25H,1,9-13H2,2-7H3,(H,23,28)/t14?,15-,16?,17?,18+/m1/s1. The molecule has 1 rings (SSSR count). The van der Waals surface area contributed by atoms with Crippen molar-refractivity contribution in [1.82, 2.24) is 10.2 Å². The molecule has 0 aromatic rings. The van der Waals surface area contributed by atoms with E-state index < -0.39 is 41.8 Å². The minimum atomic E-state index is -0.878. The highest BCUT2D eigenvalue weighted by molar-refractivity contribution is 5.90. The highest BCUT2D eigenvalue weighted by Gasteiger charge is 2.43. The number of aliphatic hydroxyl groups excluding tert-OH is 1. The summed E-state index contributed by atoms with van der Waals surface area (Å²) in [6, 6.07) is -1.75. The Kier molecular flexibility index (Phi) is 9.81. The quantitative estimate of drug-likeness (QED) is 0.434. The van der Waals surface area contributed by atoms with Crippen LogP contribution in [0.2, 0.25) is 0 Å². The molecule has 0 spiro atoms. The lowest BCUT2D eigenvalue weighted by Gasteiger charge is -2.31. The summed E-state index contributed by atoms with van der Waals surface area (Å²) < 4.78 is 10.1. The van der Waals surface area contributed by atoms with Gasteiger partial charge in [0.05, 0.1) is 13.2 Å². The number of hydrogen-bond acceptors (Lipinski definition) is 6. The van der Waals surface area contributed by atoms with Crippen molar-refractivity contribution >= 4 is 18.0 Å². The van der Waals surface area contributed by atoms with Crippen LogP contribution in [0.25, 0.3) is 0 Å². The molecule has 30 heavy (non-hydrogen) atoms. The molecule has 0 bridgehead atoms. The molecule has 2 N–H and O–H groups in total. The molecule has 8 nitrogen and oxygen atoms in total. The van der Waals surface area contributed by atoms with Crippen LogP contribution in [0.3, 0.4) is 0 Å². The van der Waals surface area contributed by atoms with E-state index >= 15 is 0 Å². The Labute approximate surface area is 180 Å². The first-order valence-electron chi connectivity index (χ1n) is 10.6. The van der Waals surface area contributed by atoms with Crippen molar-refractivity contribution in [3.05, 3.63) is 12.7 Å². The molecule has 1 aliphatic rings. The Balaban J connectivity index is 2.99. The van der Waals surface area contributed by atoms with E-state index in [4.69, 9.17) is 9.47 Å². The number of carbonyl (C=O) groups excluding carboxylic acids is 3. The van der Waals surface area contributed by atoms with Gasteiger partial charge in [-0.3, -0.25) is 4.79 Å². The maximum atomic E-state index is 13.3. The zero-order valence-corrected chi connectivity index (χ0v) is 19.1. The molecule has 3 unspecified atom stereocenters. The molecule has 0 aliphatic carbocycles. The molecule has 8 heteroatoms. The van der Waals surface area contributed by atoms with Crippen LogP contribution in [0, 0.1) is 11.8 Å². The summed E-state index contributed by atoms with van der Waals surface area (Å²) >= 11 is 0. The minimum Gasteiger partial charge on any atom is -0.467 e. The Morgan fingerprint density at radius 3 is 2.43 bits per heavy atom. The van der Waals surface area contributed by atoms with Gasteiger partial charge in [-0.1, -0.05) is 26.3 Å². The fourth-order valence-electron chi connectivity index (χ4n) is 3.52. The topological polar surface area (TPSA) is 105 Å². The SMILES string of the molecule is C=CC(C)CCC[C@@H](C)[C@H](NC(=O)OC(C)(C)C)C(=O)N1CC(O)CC1C(=O)OC. The zero-order valence-electron chi connectivity index (χ0n) is 19.1. The van der Waals surface area contributed by atoms with E-state index in [0.29, 0.717) is 12.3 Å². The molecule has 0 aromatic carbocycles. The van der Waals surface area contributed by atoms with Crippen LogP contribution >= 0.6 is 0 Å². The Morgan fingerprint density at radius 1 is 1.27 bits per heavy atom. The number of alkyl carbamates (subject to hydrolysis) is 1. The van der Waals surface area contributed by atoms with Crippen LogP contribution < -0.4 is 5.32 Å². The summed E-state index contributed by atoms with van der Waals surface area (Å²) in [6.45, 7) is 13.0. The van der Waals surface area contributed by atoms with Crippen molar-refractivity contribution in [2.24, 2.45) is 11.8 Å². The number of amides is 2. The highest BCUT2D eigenvalue weighted by Crippen LogP contribution is 2.24. The smallest absolute Gasteiger partial charge is 0.408 e. The molecule has 0 radical (unpaired) electrons. The van der Waals surface area contributed by atoms with E-state index in [-0.39, 0.29) is 18.9 Å². The summed E-state index contributed by atoms with van der Waals surface area (Å²) in [4.78, 5) is 39.2.